The number of hydrogen-bond acceptors (Lipinski definition) is 3. The van der Waals surface area contributed by atoms with Crippen molar-refractivity contribution >= 4 is 17.3 Å². The quantitative estimate of drug-likeness (QED) is 0.832. The summed E-state index contributed by atoms with van der Waals surface area (Å²) in [7, 11) is 0. The number of aryl methyl sites for hydroxylation is 1. The molecule has 0 bridgehead atoms. The van der Waals surface area contributed by atoms with E-state index in [-0.39, 0.29) is 6.42 Å². The average molecular weight is 241 g/mol. The topological polar surface area (TPSA) is 40.5 Å². The van der Waals surface area contributed by atoms with Crippen LogP contribution in [0.15, 0.2) is 12.1 Å². The van der Waals surface area contributed by atoms with E-state index in [0.717, 1.165) is 6.54 Å². The summed E-state index contributed by atoms with van der Waals surface area (Å²) in [6.45, 7) is 7.75. The third-order valence-electron chi connectivity index (χ3n) is 2.50. The third-order valence-corrected chi connectivity index (χ3v) is 3.48. The molecule has 0 unspecified atom stereocenters. The highest BCUT2D eigenvalue weighted by atomic mass is 32.1. The van der Waals surface area contributed by atoms with Gasteiger partial charge >= 0.3 is 5.97 Å². The Kier molecular flexibility index (Phi) is 4.96. The third kappa shape index (κ3) is 4.33. The van der Waals surface area contributed by atoms with Gasteiger partial charge < -0.3 is 5.11 Å². The fourth-order valence-corrected chi connectivity index (χ4v) is 2.45. The molecule has 1 aromatic rings. The minimum Gasteiger partial charge on any atom is -0.481 e. The minimum atomic E-state index is -0.729. The van der Waals surface area contributed by atoms with E-state index in [1.165, 1.54) is 9.75 Å². The van der Waals surface area contributed by atoms with E-state index in [2.05, 4.69) is 37.8 Å². The van der Waals surface area contributed by atoms with Crippen LogP contribution in [0.3, 0.4) is 0 Å². The van der Waals surface area contributed by atoms with Crippen molar-refractivity contribution in [3.8, 4) is 0 Å². The maximum atomic E-state index is 10.6. The molecule has 90 valence electrons. The smallest absolute Gasteiger partial charge is 0.304 e. The van der Waals surface area contributed by atoms with Crippen molar-refractivity contribution in [1.82, 2.24) is 4.90 Å². The van der Waals surface area contributed by atoms with Crippen LogP contribution >= 0.6 is 11.3 Å². The summed E-state index contributed by atoms with van der Waals surface area (Å²) in [5.74, 6) is -0.729. The summed E-state index contributed by atoms with van der Waals surface area (Å²) in [5, 5.41) is 8.69. The molecule has 1 rings (SSSR count). The maximum Gasteiger partial charge on any atom is 0.304 e. The van der Waals surface area contributed by atoms with Crippen molar-refractivity contribution in [1.29, 1.82) is 0 Å². The van der Waals surface area contributed by atoms with Gasteiger partial charge in [-0.15, -0.1) is 11.3 Å². The van der Waals surface area contributed by atoms with Crippen LogP contribution < -0.4 is 0 Å². The van der Waals surface area contributed by atoms with E-state index >= 15 is 0 Å². The van der Waals surface area contributed by atoms with Gasteiger partial charge in [0.05, 0.1) is 6.42 Å². The van der Waals surface area contributed by atoms with Crippen molar-refractivity contribution in [2.24, 2.45) is 0 Å². The van der Waals surface area contributed by atoms with Crippen LogP contribution in [0, 0.1) is 6.92 Å². The molecule has 0 aliphatic rings. The first-order valence-corrected chi connectivity index (χ1v) is 6.32. The first-order valence-electron chi connectivity index (χ1n) is 5.50. The summed E-state index contributed by atoms with van der Waals surface area (Å²) in [4.78, 5) is 15.4. The minimum absolute atomic E-state index is 0.211. The standard InChI is InChI=1S/C12H19NO2S/c1-9(2)13(7-6-12(14)15)8-11-5-4-10(3)16-11/h4-5,9H,6-8H2,1-3H3,(H,14,15). The van der Waals surface area contributed by atoms with E-state index in [1.54, 1.807) is 11.3 Å². The summed E-state index contributed by atoms with van der Waals surface area (Å²) < 4.78 is 0. The Bertz CT molecular complexity index is 347. The predicted octanol–water partition coefficient (Wildman–Crippen LogP) is 2.74. The number of aliphatic carboxylic acids is 1. The van der Waals surface area contributed by atoms with Crippen molar-refractivity contribution in [2.75, 3.05) is 6.54 Å². The predicted molar refractivity (Wildman–Crippen MR) is 66.9 cm³/mol. The van der Waals surface area contributed by atoms with Crippen LogP contribution in [0.1, 0.15) is 30.0 Å². The monoisotopic (exact) mass is 241 g/mol. The van der Waals surface area contributed by atoms with Gasteiger partial charge in [0.2, 0.25) is 0 Å². The highest BCUT2D eigenvalue weighted by Crippen LogP contribution is 2.18. The fraction of sp³-hybridized carbons (Fsp3) is 0.583. The zero-order valence-corrected chi connectivity index (χ0v) is 10.9. The van der Waals surface area contributed by atoms with Crippen molar-refractivity contribution in [3.05, 3.63) is 21.9 Å². The second-order valence-electron chi connectivity index (χ2n) is 4.22. The molecule has 1 N–H and O–H groups in total. The van der Waals surface area contributed by atoms with E-state index in [0.29, 0.717) is 12.6 Å². The largest absolute Gasteiger partial charge is 0.481 e. The van der Waals surface area contributed by atoms with Gasteiger partial charge in [-0.25, -0.2) is 0 Å². The average Bonchev–Trinajstić information content (AvgIpc) is 2.57. The second kappa shape index (κ2) is 6.01. The van der Waals surface area contributed by atoms with Crippen LogP contribution in [0.2, 0.25) is 0 Å². The van der Waals surface area contributed by atoms with E-state index in [4.69, 9.17) is 5.11 Å². The van der Waals surface area contributed by atoms with Gasteiger partial charge in [0.25, 0.3) is 0 Å². The van der Waals surface area contributed by atoms with Gasteiger partial charge in [-0.2, -0.15) is 0 Å². The number of carboxylic acids is 1. The molecule has 0 atom stereocenters. The van der Waals surface area contributed by atoms with E-state index in [9.17, 15) is 4.79 Å². The highest BCUT2D eigenvalue weighted by molar-refractivity contribution is 7.11. The number of thiophene rings is 1. The molecular formula is C12H19NO2S. The van der Waals surface area contributed by atoms with Gasteiger partial charge in [-0.1, -0.05) is 0 Å². The molecule has 3 nitrogen and oxygen atoms in total. The lowest BCUT2D eigenvalue weighted by atomic mass is 10.2. The fourth-order valence-electron chi connectivity index (χ4n) is 1.53. The van der Waals surface area contributed by atoms with E-state index < -0.39 is 5.97 Å². The molecule has 0 aliphatic heterocycles. The summed E-state index contributed by atoms with van der Waals surface area (Å²) in [5.41, 5.74) is 0. The molecule has 0 saturated carbocycles. The Morgan fingerprint density at radius 2 is 2.19 bits per heavy atom. The Morgan fingerprint density at radius 1 is 1.50 bits per heavy atom. The molecule has 0 radical (unpaired) electrons. The first kappa shape index (κ1) is 13.2. The number of nitrogens with zero attached hydrogens (tertiary/aromatic N) is 1. The van der Waals surface area contributed by atoms with Gasteiger partial charge in [0.15, 0.2) is 0 Å². The molecule has 0 aromatic carbocycles. The van der Waals surface area contributed by atoms with Crippen molar-refractivity contribution < 1.29 is 9.90 Å². The summed E-state index contributed by atoms with van der Waals surface area (Å²) in [6.07, 6.45) is 0.211. The Balaban J connectivity index is 2.54. The zero-order chi connectivity index (χ0) is 12.1. The highest BCUT2D eigenvalue weighted by Gasteiger charge is 2.12. The van der Waals surface area contributed by atoms with Crippen LogP contribution in [-0.2, 0) is 11.3 Å². The van der Waals surface area contributed by atoms with Crippen LogP contribution in [0.25, 0.3) is 0 Å². The molecule has 0 spiro atoms. The van der Waals surface area contributed by atoms with Crippen LogP contribution in [-0.4, -0.2) is 28.6 Å². The number of carbonyl (C=O) groups is 1. The molecule has 1 aromatic heterocycles. The molecule has 0 fully saturated rings. The van der Waals surface area contributed by atoms with Gasteiger partial charge in [0.1, 0.15) is 0 Å². The summed E-state index contributed by atoms with van der Waals surface area (Å²) in [6, 6.07) is 4.60. The van der Waals surface area contributed by atoms with E-state index in [1.807, 2.05) is 0 Å². The Hall–Kier alpha value is -0.870. The van der Waals surface area contributed by atoms with Gasteiger partial charge in [0, 0.05) is 28.9 Å². The Labute approximate surface area is 101 Å². The number of carboxylic acid groups (broad SMARTS) is 1. The molecule has 1 heterocycles. The summed E-state index contributed by atoms with van der Waals surface area (Å²) >= 11 is 1.78. The van der Waals surface area contributed by atoms with Crippen LogP contribution in [0.5, 0.6) is 0 Å². The number of rotatable bonds is 6. The van der Waals surface area contributed by atoms with Gasteiger partial charge in [-0.3, -0.25) is 9.69 Å². The molecule has 0 aliphatic carbocycles. The lowest BCUT2D eigenvalue weighted by Crippen LogP contribution is -2.32. The molecule has 4 heteroatoms. The lowest BCUT2D eigenvalue weighted by Gasteiger charge is -2.25. The molecule has 0 amide bonds. The van der Waals surface area contributed by atoms with Crippen LogP contribution in [0.4, 0.5) is 0 Å². The Morgan fingerprint density at radius 3 is 2.62 bits per heavy atom. The normalized spacial score (nSPS) is 11.3. The molecule has 16 heavy (non-hydrogen) atoms. The number of hydrogen-bond donors (Lipinski definition) is 1. The lowest BCUT2D eigenvalue weighted by molar-refractivity contribution is -0.137. The first-order chi connectivity index (χ1) is 7.49. The second-order valence-corrected chi connectivity index (χ2v) is 5.59. The van der Waals surface area contributed by atoms with Crippen molar-refractivity contribution in [2.45, 2.75) is 39.8 Å². The van der Waals surface area contributed by atoms with Crippen molar-refractivity contribution in [3.63, 3.8) is 0 Å². The maximum absolute atomic E-state index is 10.6. The molecular weight excluding hydrogens is 222 g/mol. The van der Waals surface area contributed by atoms with Gasteiger partial charge in [-0.05, 0) is 32.9 Å². The molecule has 0 saturated heterocycles. The SMILES string of the molecule is Cc1ccc(CN(CCC(=O)O)C(C)C)s1. The zero-order valence-electron chi connectivity index (χ0n) is 10.1.